The molecule has 2 unspecified atom stereocenters. The number of rotatable bonds is 2. The summed E-state index contributed by atoms with van der Waals surface area (Å²) < 4.78 is 5.75. The maximum atomic E-state index is 12.3. The van der Waals surface area contributed by atoms with Crippen molar-refractivity contribution in [3.63, 3.8) is 0 Å². The van der Waals surface area contributed by atoms with Crippen LogP contribution in [-0.2, 0) is 24.7 Å². The number of thiol groups is 1. The third-order valence-corrected chi connectivity index (χ3v) is 5.64. The van der Waals surface area contributed by atoms with Crippen molar-refractivity contribution in [3.05, 3.63) is 23.8 Å². The van der Waals surface area contributed by atoms with E-state index in [1.54, 1.807) is 9.80 Å². The zero-order valence-electron chi connectivity index (χ0n) is 13.6. The van der Waals surface area contributed by atoms with Gasteiger partial charge in [-0.1, -0.05) is 10.8 Å². The molecule has 0 aromatic heterocycles. The molecule has 0 spiro atoms. The van der Waals surface area contributed by atoms with Crippen molar-refractivity contribution in [3.8, 4) is 0 Å². The molecule has 1 fully saturated rings. The standard InChI is InChI=1S/C16H18N2O4S2/c1-9(19)17-7-6-16(22-11(3)21)13-8-12(24-23)4-5-14(13)18(10(2)20)15(16)17/h4-5,8,15,23H,6-7H2,1-3H3. The number of likely N-dealkylation sites (tertiary alicyclic amines) is 1. The molecule has 24 heavy (non-hydrogen) atoms. The number of benzene rings is 1. The first-order valence-electron chi connectivity index (χ1n) is 7.54. The number of anilines is 1. The van der Waals surface area contributed by atoms with Gasteiger partial charge < -0.3 is 9.64 Å². The van der Waals surface area contributed by atoms with Gasteiger partial charge in [0.15, 0.2) is 11.8 Å². The average Bonchev–Trinajstić information content (AvgIpc) is 2.98. The SMILES string of the molecule is CC(=O)OC12CCN(C(C)=O)C1N(C(C)=O)c1ccc(SS)cc12. The van der Waals surface area contributed by atoms with Crippen LogP contribution in [0.25, 0.3) is 0 Å². The summed E-state index contributed by atoms with van der Waals surface area (Å²) in [7, 11) is 1.27. The van der Waals surface area contributed by atoms with Crippen molar-refractivity contribution in [1.29, 1.82) is 0 Å². The molecular weight excluding hydrogens is 348 g/mol. The zero-order chi connectivity index (χ0) is 17.6. The molecule has 0 saturated carbocycles. The number of fused-ring (bicyclic) bond motifs is 3. The Bertz CT molecular complexity index is 739. The summed E-state index contributed by atoms with van der Waals surface area (Å²) in [5.41, 5.74) is 0.393. The number of ether oxygens (including phenoxy) is 1. The molecule has 8 heteroatoms. The van der Waals surface area contributed by atoms with Crippen LogP contribution >= 0.6 is 22.5 Å². The summed E-state index contributed by atoms with van der Waals surface area (Å²) in [5, 5.41) is 0. The van der Waals surface area contributed by atoms with Crippen LogP contribution in [0.2, 0.25) is 0 Å². The van der Waals surface area contributed by atoms with Crippen molar-refractivity contribution in [1.82, 2.24) is 4.90 Å². The minimum Gasteiger partial charge on any atom is -0.450 e. The second kappa shape index (κ2) is 6.00. The molecule has 2 aliphatic heterocycles. The maximum Gasteiger partial charge on any atom is 0.303 e. The average molecular weight is 366 g/mol. The van der Waals surface area contributed by atoms with Crippen molar-refractivity contribution in [2.45, 2.75) is 43.9 Å². The minimum absolute atomic E-state index is 0.156. The van der Waals surface area contributed by atoms with Gasteiger partial charge in [-0.25, -0.2) is 0 Å². The molecule has 3 rings (SSSR count). The molecule has 1 aromatic carbocycles. The molecule has 0 radical (unpaired) electrons. The van der Waals surface area contributed by atoms with E-state index < -0.39 is 17.7 Å². The van der Waals surface area contributed by atoms with E-state index >= 15 is 0 Å². The Kier molecular flexibility index (Phi) is 4.29. The molecule has 2 aliphatic rings. The highest BCUT2D eigenvalue weighted by atomic mass is 33.1. The highest BCUT2D eigenvalue weighted by Gasteiger charge is 2.62. The summed E-state index contributed by atoms with van der Waals surface area (Å²) in [6.07, 6.45) is -0.194. The van der Waals surface area contributed by atoms with Crippen LogP contribution < -0.4 is 4.90 Å². The van der Waals surface area contributed by atoms with E-state index in [0.717, 1.165) is 10.5 Å². The van der Waals surface area contributed by atoms with Gasteiger partial charge in [0.1, 0.15) is 0 Å². The van der Waals surface area contributed by atoms with Crippen LogP contribution in [0.15, 0.2) is 23.1 Å². The normalized spacial score (nSPS) is 24.6. The third-order valence-electron chi connectivity index (χ3n) is 4.54. The first-order chi connectivity index (χ1) is 11.3. The Morgan fingerprint density at radius 1 is 1.25 bits per heavy atom. The molecule has 0 aliphatic carbocycles. The van der Waals surface area contributed by atoms with E-state index in [0.29, 0.717) is 18.7 Å². The predicted octanol–water partition coefficient (Wildman–Crippen LogP) is 2.33. The van der Waals surface area contributed by atoms with Gasteiger partial charge >= 0.3 is 5.97 Å². The van der Waals surface area contributed by atoms with Gasteiger partial charge in [-0.05, 0) is 18.2 Å². The maximum absolute atomic E-state index is 12.3. The molecule has 1 aromatic rings. The Labute approximate surface area is 149 Å². The molecule has 2 atom stereocenters. The van der Waals surface area contributed by atoms with Crippen LogP contribution in [0, 0.1) is 0 Å². The number of esters is 1. The molecule has 6 nitrogen and oxygen atoms in total. The van der Waals surface area contributed by atoms with Gasteiger partial charge in [0.05, 0.1) is 5.69 Å². The van der Waals surface area contributed by atoms with Crippen LogP contribution in [0.3, 0.4) is 0 Å². The smallest absolute Gasteiger partial charge is 0.303 e. The van der Waals surface area contributed by atoms with E-state index in [2.05, 4.69) is 11.7 Å². The van der Waals surface area contributed by atoms with E-state index in [9.17, 15) is 14.4 Å². The van der Waals surface area contributed by atoms with Gasteiger partial charge in [0, 0.05) is 44.2 Å². The number of carbonyl (C=O) groups excluding carboxylic acids is 3. The van der Waals surface area contributed by atoms with Crippen LogP contribution in [0.5, 0.6) is 0 Å². The fourth-order valence-corrected chi connectivity index (χ4v) is 4.39. The summed E-state index contributed by atoms with van der Waals surface area (Å²) in [6, 6.07) is 5.56. The fourth-order valence-electron chi connectivity index (χ4n) is 3.75. The van der Waals surface area contributed by atoms with Gasteiger partial charge in [-0.3, -0.25) is 19.3 Å². The number of carbonyl (C=O) groups is 3. The lowest BCUT2D eigenvalue weighted by molar-refractivity contribution is -0.162. The van der Waals surface area contributed by atoms with Crippen LogP contribution in [0.4, 0.5) is 5.69 Å². The van der Waals surface area contributed by atoms with Gasteiger partial charge in [0.2, 0.25) is 11.8 Å². The second-order valence-electron chi connectivity index (χ2n) is 5.98. The second-order valence-corrected chi connectivity index (χ2v) is 7.18. The first kappa shape index (κ1) is 17.2. The minimum atomic E-state index is -1.03. The number of hydrogen-bond acceptors (Lipinski definition) is 6. The molecular formula is C16H18N2O4S2. The fraction of sp³-hybridized carbons (Fsp3) is 0.438. The number of hydrogen-bond donors (Lipinski definition) is 1. The Morgan fingerprint density at radius 2 is 1.96 bits per heavy atom. The van der Waals surface area contributed by atoms with Crippen molar-refractivity contribution in [2.75, 3.05) is 11.4 Å². The molecule has 0 bridgehead atoms. The largest absolute Gasteiger partial charge is 0.450 e. The molecule has 2 heterocycles. The molecule has 0 N–H and O–H groups in total. The summed E-state index contributed by atoms with van der Waals surface area (Å²) in [4.78, 5) is 40.3. The van der Waals surface area contributed by atoms with E-state index in [-0.39, 0.29) is 11.8 Å². The molecule has 1 saturated heterocycles. The number of amides is 2. The van der Waals surface area contributed by atoms with E-state index in [1.807, 2.05) is 18.2 Å². The highest BCUT2D eigenvalue weighted by Crippen LogP contribution is 2.54. The lowest BCUT2D eigenvalue weighted by atomic mass is 9.92. The van der Waals surface area contributed by atoms with Crippen molar-refractivity contribution < 1.29 is 19.1 Å². The zero-order valence-corrected chi connectivity index (χ0v) is 15.3. The Morgan fingerprint density at radius 3 is 2.50 bits per heavy atom. The van der Waals surface area contributed by atoms with Crippen molar-refractivity contribution >= 4 is 45.9 Å². The topological polar surface area (TPSA) is 66.9 Å². The van der Waals surface area contributed by atoms with Gasteiger partial charge in [0.25, 0.3) is 0 Å². The first-order valence-corrected chi connectivity index (χ1v) is 9.41. The lowest BCUT2D eigenvalue weighted by Gasteiger charge is -2.35. The predicted molar refractivity (Wildman–Crippen MR) is 93.7 cm³/mol. The quantitative estimate of drug-likeness (QED) is 0.494. The lowest BCUT2D eigenvalue weighted by Crippen LogP contribution is -2.54. The van der Waals surface area contributed by atoms with Crippen molar-refractivity contribution in [2.24, 2.45) is 0 Å². The third kappa shape index (κ3) is 2.39. The van der Waals surface area contributed by atoms with E-state index in [4.69, 9.17) is 4.74 Å². The number of nitrogens with zero attached hydrogens (tertiary/aromatic N) is 2. The Balaban J connectivity index is 2.24. The summed E-state index contributed by atoms with van der Waals surface area (Å²) in [5.74, 6) is -0.794. The van der Waals surface area contributed by atoms with Crippen LogP contribution in [-0.4, -0.2) is 35.4 Å². The molecule has 128 valence electrons. The highest BCUT2D eigenvalue weighted by molar-refractivity contribution is 8.68. The van der Waals surface area contributed by atoms with Gasteiger partial charge in [-0.2, -0.15) is 0 Å². The monoisotopic (exact) mass is 366 g/mol. The summed E-state index contributed by atoms with van der Waals surface area (Å²) in [6.45, 7) is 4.68. The Hall–Kier alpha value is -1.67. The molecule has 2 amide bonds. The van der Waals surface area contributed by atoms with Gasteiger partial charge in [-0.15, -0.1) is 11.7 Å². The van der Waals surface area contributed by atoms with Crippen LogP contribution in [0.1, 0.15) is 32.8 Å². The van der Waals surface area contributed by atoms with E-state index in [1.165, 1.54) is 31.6 Å². The summed E-state index contributed by atoms with van der Waals surface area (Å²) >= 11 is 4.22.